The Bertz CT molecular complexity index is 812. The Morgan fingerprint density at radius 1 is 1.08 bits per heavy atom. The summed E-state index contributed by atoms with van der Waals surface area (Å²) in [5, 5.41) is 9.52. The van der Waals surface area contributed by atoms with Crippen molar-refractivity contribution < 1.29 is 4.74 Å². The summed E-state index contributed by atoms with van der Waals surface area (Å²) >= 11 is 6.01. The third-order valence-electron chi connectivity index (χ3n) is 3.94. The fourth-order valence-corrected chi connectivity index (χ4v) is 2.82. The van der Waals surface area contributed by atoms with Gasteiger partial charge in [0.1, 0.15) is 11.4 Å². The molecule has 0 spiro atoms. The molecule has 0 aliphatic heterocycles. The molecular formula is C19H20ClN3O. The molecule has 0 amide bonds. The van der Waals surface area contributed by atoms with E-state index in [4.69, 9.17) is 16.3 Å². The number of methoxy groups -OCH3 is 1. The lowest BCUT2D eigenvalue weighted by atomic mass is 10.1. The van der Waals surface area contributed by atoms with E-state index in [1.54, 1.807) is 7.11 Å². The first-order valence-corrected chi connectivity index (χ1v) is 8.46. The summed E-state index contributed by atoms with van der Waals surface area (Å²) in [6.07, 6.45) is 3.07. The number of ether oxygens (including phenoxy) is 1. The van der Waals surface area contributed by atoms with Crippen LogP contribution in [-0.2, 0) is 6.42 Å². The maximum Gasteiger partial charge on any atom is 0.128 e. The Labute approximate surface area is 147 Å². The third-order valence-corrected chi connectivity index (χ3v) is 4.19. The Hall–Kier alpha value is -2.33. The van der Waals surface area contributed by atoms with Crippen molar-refractivity contribution in [1.29, 1.82) is 0 Å². The van der Waals surface area contributed by atoms with Gasteiger partial charge in [-0.3, -0.25) is 0 Å². The standard InChI is InChI=1S/C19H20ClN3O/c1-3-4-8-17-19(16-7-5-6-9-18(16)24-2)23(22-21-17)15-12-10-14(20)11-13-15/h5-7,9-13H,3-4,8H2,1-2H3. The molecule has 0 unspecified atom stereocenters. The monoisotopic (exact) mass is 341 g/mol. The minimum Gasteiger partial charge on any atom is -0.496 e. The number of unbranched alkanes of at least 4 members (excludes halogenated alkanes) is 1. The molecule has 0 aliphatic carbocycles. The van der Waals surface area contributed by atoms with Gasteiger partial charge in [0.05, 0.1) is 18.5 Å². The van der Waals surface area contributed by atoms with E-state index in [1.165, 1.54) is 0 Å². The van der Waals surface area contributed by atoms with Crippen LogP contribution in [0, 0.1) is 0 Å². The summed E-state index contributed by atoms with van der Waals surface area (Å²) in [5.74, 6) is 0.813. The van der Waals surface area contributed by atoms with E-state index < -0.39 is 0 Å². The van der Waals surface area contributed by atoms with Gasteiger partial charge in [-0.15, -0.1) is 5.10 Å². The maximum atomic E-state index is 6.01. The second-order valence-corrected chi connectivity index (χ2v) is 6.01. The number of hydrogen-bond acceptors (Lipinski definition) is 3. The molecule has 3 aromatic rings. The maximum absolute atomic E-state index is 6.01. The Morgan fingerprint density at radius 3 is 2.54 bits per heavy atom. The van der Waals surface area contributed by atoms with Crippen molar-refractivity contribution in [1.82, 2.24) is 15.0 Å². The van der Waals surface area contributed by atoms with Crippen LogP contribution in [0.15, 0.2) is 48.5 Å². The van der Waals surface area contributed by atoms with Crippen molar-refractivity contribution >= 4 is 11.6 Å². The van der Waals surface area contributed by atoms with Crippen LogP contribution in [0.1, 0.15) is 25.5 Å². The highest BCUT2D eigenvalue weighted by Crippen LogP contribution is 2.33. The molecule has 0 fully saturated rings. The average molecular weight is 342 g/mol. The fourth-order valence-electron chi connectivity index (χ4n) is 2.70. The van der Waals surface area contributed by atoms with Gasteiger partial charge < -0.3 is 4.74 Å². The second kappa shape index (κ2) is 7.49. The molecule has 0 N–H and O–H groups in total. The summed E-state index contributed by atoms with van der Waals surface area (Å²) in [6.45, 7) is 2.17. The lowest BCUT2D eigenvalue weighted by Gasteiger charge is -2.12. The fraction of sp³-hybridized carbons (Fsp3) is 0.263. The van der Waals surface area contributed by atoms with Crippen LogP contribution in [0.4, 0.5) is 0 Å². The molecule has 0 radical (unpaired) electrons. The summed E-state index contributed by atoms with van der Waals surface area (Å²) in [7, 11) is 1.68. The van der Waals surface area contributed by atoms with E-state index in [0.29, 0.717) is 5.02 Å². The van der Waals surface area contributed by atoms with Gasteiger partial charge in [-0.2, -0.15) is 0 Å². The number of benzene rings is 2. The number of aromatic nitrogens is 3. The smallest absolute Gasteiger partial charge is 0.128 e. The highest BCUT2D eigenvalue weighted by Gasteiger charge is 2.19. The molecule has 1 heterocycles. The molecule has 0 saturated heterocycles. The molecule has 0 aliphatic rings. The van der Waals surface area contributed by atoms with Gasteiger partial charge in [0, 0.05) is 10.6 Å². The van der Waals surface area contributed by atoms with E-state index in [1.807, 2.05) is 53.2 Å². The minimum absolute atomic E-state index is 0.698. The minimum atomic E-state index is 0.698. The molecule has 2 aromatic carbocycles. The molecular weight excluding hydrogens is 322 g/mol. The van der Waals surface area contributed by atoms with Crippen LogP contribution in [0.2, 0.25) is 5.02 Å². The largest absolute Gasteiger partial charge is 0.496 e. The molecule has 5 heteroatoms. The van der Waals surface area contributed by atoms with E-state index >= 15 is 0 Å². The molecule has 1 aromatic heterocycles. The molecule has 0 atom stereocenters. The quantitative estimate of drug-likeness (QED) is 0.637. The Kier molecular flexibility index (Phi) is 5.16. The summed E-state index contributed by atoms with van der Waals surface area (Å²) in [4.78, 5) is 0. The normalized spacial score (nSPS) is 10.8. The van der Waals surface area contributed by atoms with Crippen molar-refractivity contribution in [2.24, 2.45) is 0 Å². The first-order chi connectivity index (χ1) is 11.7. The zero-order valence-corrected chi connectivity index (χ0v) is 14.6. The zero-order chi connectivity index (χ0) is 16.9. The zero-order valence-electron chi connectivity index (χ0n) is 13.9. The summed E-state index contributed by atoms with van der Waals surface area (Å²) in [5.41, 5.74) is 3.88. The molecule has 0 saturated carbocycles. The second-order valence-electron chi connectivity index (χ2n) is 5.58. The summed E-state index contributed by atoms with van der Waals surface area (Å²) in [6, 6.07) is 15.6. The molecule has 3 rings (SSSR count). The van der Waals surface area contributed by atoms with Crippen LogP contribution in [0.25, 0.3) is 16.9 Å². The lowest BCUT2D eigenvalue weighted by Crippen LogP contribution is -2.01. The van der Waals surface area contributed by atoms with Gasteiger partial charge in [0.15, 0.2) is 0 Å². The Balaban J connectivity index is 2.16. The summed E-state index contributed by atoms with van der Waals surface area (Å²) < 4.78 is 7.41. The van der Waals surface area contributed by atoms with Gasteiger partial charge in [0.2, 0.25) is 0 Å². The van der Waals surface area contributed by atoms with E-state index in [-0.39, 0.29) is 0 Å². The predicted molar refractivity (Wildman–Crippen MR) is 97.0 cm³/mol. The molecule has 4 nitrogen and oxygen atoms in total. The third kappa shape index (κ3) is 3.29. The van der Waals surface area contributed by atoms with Gasteiger partial charge in [-0.05, 0) is 49.2 Å². The first kappa shape index (κ1) is 16.5. The van der Waals surface area contributed by atoms with Crippen LogP contribution in [0.5, 0.6) is 5.75 Å². The first-order valence-electron chi connectivity index (χ1n) is 8.08. The average Bonchev–Trinajstić information content (AvgIpc) is 3.04. The van der Waals surface area contributed by atoms with Gasteiger partial charge in [-0.1, -0.05) is 42.3 Å². The van der Waals surface area contributed by atoms with Crippen molar-refractivity contribution in [2.75, 3.05) is 7.11 Å². The van der Waals surface area contributed by atoms with E-state index in [0.717, 1.165) is 47.7 Å². The topological polar surface area (TPSA) is 39.9 Å². The lowest BCUT2D eigenvalue weighted by molar-refractivity contribution is 0.416. The highest BCUT2D eigenvalue weighted by molar-refractivity contribution is 6.30. The van der Waals surface area contributed by atoms with Gasteiger partial charge in [0.25, 0.3) is 0 Å². The molecule has 24 heavy (non-hydrogen) atoms. The molecule has 0 bridgehead atoms. The van der Waals surface area contributed by atoms with Crippen LogP contribution in [0.3, 0.4) is 0 Å². The van der Waals surface area contributed by atoms with Crippen LogP contribution < -0.4 is 4.74 Å². The van der Waals surface area contributed by atoms with Crippen LogP contribution >= 0.6 is 11.6 Å². The van der Waals surface area contributed by atoms with Crippen molar-refractivity contribution in [3.63, 3.8) is 0 Å². The predicted octanol–water partition coefficient (Wildman–Crippen LogP) is 4.94. The van der Waals surface area contributed by atoms with E-state index in [9.17, 15) is 0 Å². The Morgan fingerprint density at radius 2 is 1.83 bits per heavy atom. The highest BCUT2D eigenvalue weighted by atomic mass is 35.5. The molecule has 124 valence electrons. The van der Waals surface area contributed by atoms with Gasteiger partial charge >= 0.3 is 0 Å². The number of halogens is 1. The van der Waals surface area contributed by atoms with E-state index in [2.05, 4.69) is 17.2 Å². The van der Waals surface area contributed by atoms with Crippen molar-refractivity contribution in [3.05, 3.63) is 59.2 Å². The van der Waals surface area contributed by atoms with Crippen LogP contribution in [-0.4, -0.2) is 22.1 Å². The number of rotatable bonds is 6. The number of hydrogen-bond donors (Lipinski definition) is 0. The SMILES string of the molecule is CCCCc1nnn(-c2ccc(Cl)cc2)c1-c1ccccc1OC. The van der Waals surface area contributed by atoms with Gasteiger partial charge in [-0.25, -0.2) is 4.68 Å². The van der Waals surface area contributed by atoms with Crippen molar-refractivity contribution in [2.45, 2.75) is 26.2 Å². The number of para-hydroxylation sites is 1. The number of aryl methyl sites for hydroxylation is 1. The number of nitrogens with zero attached hydrogens (tertiary/aromatic N) is 3. The van der Waals surface area contributed by atoms with Crippen molar-refractivity contribution in [3.8, 4) is 22.7 Å².